The molecule has 0 unspecified atom stereocenters. The lowest BCUT2D eigenvalue weighted by atomic mass is 10.2. The maximum absolute atomic E-state index is 10.5. The van der Waals surface area contributed by atoms with Gasteiger partial charge in [0, 0.05) is 11.1 Å². The molecular formula is C12H10N4O2S. The van der Waals surface area contributed by atoms with Gasteiger partial charge >= 0.3 is 5.97 Å². The SMILES string of the molecule is O=C(O)CCSc1nc2c3ccccc3ncn2n1. The molecule has 0 fully saturated rings. The molecule has 2 aromatic heterocycles. The van der Waals surface area contributed by atoms with Crippen LogP contribution in [0.3, 0.4) is 0 Å². The molecule has 19 heavy (non-hydrogen) atoms. The number of hydrogen-bond acceptors (Lipinski definition) is 5. The van der Waals surface area contributed by atoms with Crippen LogP contribution in [0.4, 0.5) is 0 Å². The van der Waals surface area contributed by atoms with E-state index in [9.17, 15) is 4.79 Å². The average molecular weight is 274 g/mol. The van der Waals surface area contributed by atoms with Gasteiger partial charge in [0.15, 0.2) is 5.65 Å². The Labute approximate surface area is 112 Å². The first-order valence-corrected chi connectivity index (χ1v) is 6.67. The number of benzene rings is 1. The van der Waals surface area contributed by atoms with Crippen LogP contribution in [0.15, 0.2) is 35.7 Å². The summed E-state index contributed by atoms with van der Waals surface area (Å²) >= 11 is 1.33. The number of hydrogen-bond donors (Lipinski definition) is 1. The standard InChI is InChI=1S/C12H10N4O2S/c17-10(18)5-6-19-12-14-11-8-3-1-2-4-9(8)13-7-16(11)15-12/h1-4,7H,5-6H2,(H,17,18). The third kappa shape index (κ3) is 2.37. The fourth-order valence-electron chi connectivity index (χ4n) is 1.75. The highest BCUT2D eigenvalue weighted by Crippen LogP contribution is 2.20. The molecule has 3 rings (SSSR count). The number of nitrogens with zero attached hydrogens (tertiary/aromatic N) is 4. The predicted octanol–water partition coefficient (Wildman–Crippen LogP) is 1.84. The quantitative estimate of drug-likeness (QED) is 0.731. The summed E-state index contributed by atoms with van der Waals surface area (Å²) in [6.07, 6.45) is 1.71. The van der Waals surface area contributed by atoms with Crippen molar-refractivity contribution in [1.82, 2.24) is 19.6 Å². The Bertz CT molecular complexity index is 756. The summed E-state index contributed by atoms with van der Waals surface area (Å²) in [5.74, 6) is -0.360. The molecule has 1 aromatic carbocycles. The van der Waals surface area contributed by atoms with Crippen LogP contribution in [-0.4, -0.2) is 36.4 Å². The fraction of sp³-hybridized carbons (Fsp3) is 0.167. The van der Waals surface area contributed by atoms with Gasteiger partial charge in [0.05, 0.1) is 11.9 Å². The number of aromatic nitrogens is 4. The second kappa shape index (κ2) is 4.85. The number of fused-ring (bicyclic) bond motifs is 3. The topological polar surface area (TPSA) is 80.4 Å². The zero-order chi connectivity index (χ0) is 13.2. The van der Waals surface area contributed by atoms with Crippen LogP contribution in [0.25, 0.3) is 16.6 Å². The van der Waals surface area contributed by atoms with E-state index in [1.54, 1.807) is 10.8 Å². The minimum Gasteiger partial charge on any atom is -0.481 e. The summed E-state index contributed by atoms with van der Waals surface area (Å²) in [6.45, 7) is 0. The number of aliphatic carboxylic acids is 1. The first kappa shape index (κ1) is 11.9. The fourth-order valence-corrected chi connectivity index (χ4v) is 2.51. The van der Waals surface area contributed by atoms with Gasteiger partial charge in [-0.1, -0.05) is 23.9 Å². The Hall–Kier alpha value is -2.15. The summed E-state index contributed by atoms with van der Waals surface area (Å²) in [5.41, 5.74) is 1.60. The Morgan fingerprint density at radius 3 is 3.05 bits per heavy atom. The molecule has 0 aliphatic heterocycles. The first-order valence-electron chi connectivity index (χ1n) is 5.69. The van der Waals surface area contributed by atoms with Gasteiger partial charge in [-0.3, -0.25) is 4.79 Å². The molecule has 0 saturated carbocycles. The Kier molecular flexibility index (Phi) is 3.04. The van der Waals surface area contributed by atoms with Crippen LogP contribution >= 0.6 is 11.8 Å². The van der Waals surface area contributed by atoms with Crippen molar-refractivity contribution < 1.29 is 9.90 Å². The van der Waals surface area contributed by atoms with Crippen molar-refractivity contribution >= 4 is 34.3 Å². The van der Waals surface area contributed by atoms with Crippen molar-refractivity contribution in [1.29, 1.82) is 0 Å². The lowest BCUT2D eigenvalue weighted by Gasteiger charge is -1.96. The number of rotatable bonds is 4. The van der Waals surface area contributed by atoms with E-state index in [0.29, 0.717) is 10.9 Å². The summed E-state index contributed by atoms with van der Waals surface area (Å²) in [6, 6.07) is 7.71. The van der Waals surface area contributed by atoms with Crippen molar-refractivity contribution in [2.75, 3.05) is 5.75 Å². The van der Waals surface area contributed by atoms with E-state index in [4.69, 9.17) is 5.11 Å². The van der Waals surface area contributed by atoms with E-state index in [1.165, 1.54) is 11.8 Å². The van der Waals surface area contributed by atoms with E-state index in [1.807, 2.05) is 24.3 Å². The van der Waals surface area contributed by atoms with Gasteiger partial charge in [0.1, 0.15) is 6.33 Å². The highest BCUT2D eigenvalue weighted by Gasteiger charge is 2.08. The molecule has 96 valence electrons. The summed E-state index contributed by atoms with van der Waals surface area (Å²) < 4.78 is 1.62. The molecule has 0 aliphatic carbocycles. The third-order valence-corrected chi connectivity index (χ3v) is 3.45. The van der Waals surface area contributed by atoms with E-state index < -0.39 is 5.97 Å². The van der Waals surface area contributed by atoms with Crippen molar-refractivity contribution in [3.05, 3.63) is 30.6 Å². The van der Waals surface area contributed by atoms with E-state index in [-0.39, 0.29) is 6.42 Å². The smallest absolute Gasteiger partial charge is 0.304 e. The molecule has 3 aromatic rings. The van der Waals surface area contributed by atoms with Gasteiger partial charge in [0.25, 0.3) is 0 Å². The molecule has 0 amide bonds. The van der Waals surface area contributed by atoms with E-state index in [0.717, 1.165) is 16.6 Å². The van der Waals surface area contributed by atoms with Crippen molar-refractivity contribution in [2.24, 2.45) is 0 Å². The second-order valence-electron chi connectivity index (χ2n) is 3.92. The molecule has 2 heterocycles. The van der Waals surface area contributed by atoms with Gasteiger partial charge in [-0.25, -0.2) is 14.5 Å². The Morgan fingerprint density at radius 2 is 2.21 bits per heavy atom. The van der Waals surface area contributed by atoms with Gasteiger partial charge in [0.2, 0.25) is 5.16 Å². The molecule has 0 aliphatic rings. The highest BCUT2D eigenvalue weighted by atomic mass is 32.2. The maximum atomic E-state index is 10.5. The maximum Gasteiger partial charge on any atom is 0.304 e. The van der Waals surface area contributed by atoms with Gasteiger partial charge in [-0.15, -0.1) is 5.10 Å². The van der Waals surface area contributed by atoms with Gasteiger partial charge in [-0.2, -0.15) is 0 Å². The molecular weight excluding hydrogens is 264 g/mol. The highest BCUT2D eigenvalue weighted by molar-refractivity contribution is 7.99. The molecule has 0 bridgehead atoms. The second-order valence-corrected chi connectivity index (χ2v) is 4.98. The zero-order valence-corrected chi connectivity index (χ0v) is 10.7. The summed E-state index contributed by atoms with van der Waals surface area (Å²) in [5, 5.41) is 14.4. The van der Waals surface area contributed by atoms with Crippen LogP contribution in [0.1, 0.15) is 6.42 Å². The Morgan fingerprint density at radius 1 is 1.37 bits per heavy atom. The Balaban J connectivity index is 1.96. The molecule has 6 nitrogen and oxygen atoms in total. The molecule has 0 spiro atoms. The first-order chi connectivity index (χ1) is 9.24. The zero-order valence-electron chi connectivity index (χ0n) is 9.85. The van der Waals surface area contributed by atoms with Crippen molar-refractivity contribution in [2.45, 2.75) is 11.6 Å². The normalized spacial score (nSPS) is 11.2. The molecule has 0 saturated heterocycles. The lowest BCUT2D eigenvalue weighted by Crippen LogP contribution is -1.96. The minimum absolute atomic E-state index is 0.0964. The van der Waals surface area contributed by atoms with Crippen LogP contribution < -0.4 is 0 Å². The average Bonchev–Trinajstić information content (AvgIpc) is 2.81. The third-order valence-electron chi connectivity index (χ3n) is 2.61. The summed E-state index contributed by atoms with van der Waals surface area (Å²) in [7, 11) is 0. The molecule has 1 N–H and O–H groups in total. The number of para-hydroxylation sites is 1. The van der Waals surface area contributed by atoms with Crippen LogP contribution in [-0.2, 0) is 4.79 Å². The number of carboxylic acids is 1. The van der Waals surface area contributed by atoms with Crippen molar-refractivity contribution in [3.8, 4) is 0 Å². The largest absolute Gasteiger partial charge is 0.481 e. The van der Waals surface area contributed by atoms with Crippen LogP contribution in [0, 0.1) is 0 Å². The number of carboxylic acid groups (broad SMARTS) is 1. The molecule has 0 atom stereocenters. The molecule has 0 radical (unpaired) electrons. The minimum atomic E-state index is -0.816. The van der Waals surface area contributed by atoms with E-state index in [2.05, 4.69) is 15.1 Å². The van der Waals surface area contributed by atoms with Gasteiger partial charge in [-0.05, 0) is 12.1 Å². The number of thioether (sulfide) groups is 1. The predicted molar refractivity (Wildman–Crippen MR) is 71.3 cm³/mol. The van der Waals surface area contributed by atoms with E-state index >= 15 is 0 Å². The number of carbonyl (C=O) groups is 1. The monoisotopic (exact) mass is 274 g/mol. The van der Waals surface area contributed by atoms with Crippen LogP contribution in [0.2, 0.25) is 0 Å². The van der Waals surface area contributed by atoms with Crippen molar-refractivity contribution in [3.63, 3.8) is 0 Å². The van der Waals surface area contributed by atoms with Gasteiger partial charge < -0.3 is 5.11 Å². The summed E-state index contributed by atoms with van der Waals surface area (Å²) in [4.78, 5) is 19.2. The lowest BCUT2D eigenvalue weighted by molar-refractivity contribution is -0.136. The van der Waals surface area contributed by atoms with Crippen LogP contribution in [0.5, 0.6) is 0 Å². The molecule has 7 heteroatoms.